The number of furan rings is 1. The van der Waals surface area contributed by atoms with Gasteiger partial charge in [-0.05, 0) is 24.3 Å². The topological polar surface area (TPSA) is 111 Å². The number of methoxy groups -OCH3 is 1. The number of hydrogen-bond acceptors (Lipinski definition) is 6. The molecule has 0 bridgehead atoms. The number of nitrogens with one attached hydrogen (secondary N) is 2. The van der Waals surface area contributed by atoms with Gasteiger partial charge in [0.05, 0.1) is 30.1 Å². The number of carbonyl (C=O) groups excluding carboxylic acids is 1. The first-order chi connectivity index (χ1) is 15.4. The maximum absolute atomic E-state index is 13.1. The number of rotatable bonds is 7. The zero-order valence-corrected chi connectivity index (χ0v) is 16.7. The smallest absolute Gasteiger partial charge is 0.435 e. The molecule has 2 N–H and O–H groups in total. The number of nitrogens with zero attached hydrogens (tertiary/aromatic N) is 4. The number of anilines is 1. The van der Waals surface area contributed by atoms with Crippen molar-refractivity contribution < 1.29 is 27.1 Å². The van der Waals surface area contributed by atoms with Gasteiger partial charge in [-0.1, -0.05) is 6.07 Å². The molecular weight excluding hydrogens is 429 g/mol. The summed E-state index contributed by atoms with van der Waals surface area (Å²) in [5.41, 5.74) is -0.0980. The van der Waals surface area contributed by atoms with Crippen LogP contribution in [0.4, 0.5) is 18.9 Å². The maximum Gasteiger partial charge on any atom is 0.435 e. The summed E-state index contributed by atoms with van der Waals surface area (Å²) in [7, 11) is 1.56. The third kappa shape index (κ3) is 4.39. The van der Waals surface area contributed by atoms with Crippen LogP contribution in [-0.2, 0) is 17.5 Å². The number of amides is 1. The highest BCUT2D eigenvalue weighted by Crippen LogP contribution is 2.36. The first-order valence-electron chi connectivity index (χ1n) is 9.37. The Kier molecular flexibility index (Phi) is 5.77. The third-order valence-electron chi connectivity index (χ3n) is 4.45. The molecule has 0 spiro atoms. The van der Waals surface area contributed by atoms with Gasteiger partial charge in [0.25, 0.3) is 5.91 Å². The molecule has 0 fully saturated rings. The van der Waals surface area contributed by atoms with Gasteiger partial charge >= 0.3 is 6.18 Å². The first kappa shape index (κ1) is 21.3. The first-order valence-corrected chi connectivity index (χ1v) is 9.37. The van der Waals surface area contributed by atoms with Crippen LogP contribution in [0.1, 0.15) is 16.2 Å². The summed E-state index contributed by atoms with van der Waals surface area (Å²) in [5, 5.41) is 12.5. The average Bonchev–Trinajstić information content (AvgIpc) is 3.51. The standard InChI is InChI=1S/C20H17F3N6O3/c1-31-9-8-29-11-14(17(28-29)13-4-2-3-7-24-13)26-19(30)16-6-5-15(32-16)12-10-25-27-18(12)20(21,22)23/h2-7,10-11H,8-9H2,1H3,(H,25,27)(H,26,30). The molecule has 4 aromatic heterocycles. The van der Waals surface area contributed by atoms with Crippen molar-refractivity contribution in [2.75, 3.05) is 19.0 Å². The van der Waals surface area contributed by atoms with Gasteiger partial charge < -0.3 is 14.5 Å². The molecule has 166 valence electrons. The molecule has 4 aromatic rings. The second-order valence-corrected chi connectivity index (χ2v) is 6.63. The Hall–Kier alpha value is -3.93. The Balaban J connectivity index is 1.60. The zero-order valence-electron chi connectivity index (χ0n) is 16.7. The molecule has 0 unspecified atom stereocenters. The number of aromatic amines is 1. The molecule has 0 saturated carbocycles. The van der Waals surface area contributed by atoms with Gasteiger partial charge in [0.2, 0.25) is 0 Å². The van der Waals surface area contributed by atoms with E-state index >= 15 is 0 Å². The van der Waals surface area contributed by atoms with Crippen LogP contribution in [0.5, 0.6) is 0 Å². The van der Waals surface area contributed by atoms with Crippen LogP contribution in [0, 0.1) is 0 Å². The van der Waals surface area contributed by atoms with E-state index in [-0.39, 0.29) is 17.1 Å². The van der Waals surface area contributed by atoms with E-state index in [2.05, 4.69) is 25.6 Å². The lowest BCUT2D eigenvalue weighted by Gasteiger charge is -2.04. The molecule has 0 radical (unpaired) electrons. The van der Waals surface area contributed by atoms with Gasteiger partial charge in [-0.25, -0.2) is 0 Å². The van der Waals surface area contributed by atoms with Crippen LogP contribution in [0.2, 0.25) is 0 Å². The van der Waals surface area contributed by atoms with Crippen molar-refractivity contribution >= 4 is 11.6 Å². The number of H-pyrrole nitrogens is 1. The lowest BCUT2D eigenvalue weighted by atomic mass is 10.2. The fraction of sp³-hybridized carbons (Fsp3) is 0.200. The Morgan fingerprint density at radius 2 is 2.12 bits per heavy atom. The van der Waals surface area contributed by atoms with E-state index in [1.807, 2.05) is 0 Å². The second kappa shape index (κ2) is 8.67. The van der Waals surface area contributed by atoms with Crippen LogP contribution in [-0.4, -0.2) is 44.6 Å². The fourth-order valence-corrected chi connectivity index (χ4v) is 2.99. The highest BCUT2D eigenvalue weighted by Gasteiger charge is 2.37. The monoisotopic (exact) mass is 446 g/mol. The van der Waals surface area contributed by atoms with E-state index in [4.69, 9.17) is 9.15 Å². The van der Waals surface area contributed by atoms with Crippen LogP contribution in [0.15, 0.2) is 53.3 Å². The molecule has 32 heavy (non-hydrogen) atoms. The van der Waals surface area contributed by atoms with Crippen molar-refractivity contribution in [1.82, 2.24) is 25.0 Å². The van der Waals surface area contributed by atoms with Crippen molar-refractivity contribution in [3.8, 4) is 22.7 Å². The van der Waals surface area contributed by atoms with Gasteiger partial charge in [-0.2, -0.15) is 23.4 Å². The van der Waals surface area contributed by atoms with Crippen molar-refractivity contribution in [2.45, 2.75) is 12.7 Å². The van der Waals surface area contributed by atoms with Gasteiger partial charge in [0.15, 0.2) is 11.5 Å². The number of aromatic nitrogens is 5. The second-order valence-electron chi connectivity index (χ2n) is 6.63. The Morgan fingerprint density at radius 3 is 2.84 bits per heavy atom. The van der Waals surface area contributed by atoms with Crippen LogP contribution < -0.4 is 5.32 Å². The van der Waals surface area contributed by atoms with Gasteiger partial charge in [-0.3, -0.25) is 19.6 Å². The minimum absolute atomic E-state index is 0.142. The summed E-state index contributed by atoms with van der Waals surface area (Å²) < 4.78 is 51.3. The van der Waals surface area contributed by atoms with Crippen molar-refractivity contribution in [1.29, 1.82) is 0 Å². The normalized spacial score (nSPS) is 11.6. The Labute approximate surface area is 179 Å². The van der Waals surface area contributed by atoms with E-state index in [1.54, 1.807) is 42.4 Å². The zero-order chi connectivity index (χ0) is 22.7. The molecule has 0 saturated heterocycles. The summed E-state index contributed by atoms with van der Waals surface area (Å²) >= 11 is 0. The highest BCUT2D eigenvalue weighted by molar-refractivity contribution is 6.04. The molecule has 9 nitrogen and oxygen atoms in total. The summed E-state index contributed by atoms with van der Waals surface area (Å²) in [5.74, 6) is -0.973. The average molecular weight is 446 g/mol. The number of carbonyl (C=O) groups is 1. The van der Waals surface area contributed by atoms with E-state index in [1.165, 1.54) is 12.1 Å². The Bertz CT molecular complexity index is 1210. The van der Waals surface area contributed by atoms with Crippen LogP contribution >= 0.6 is 0 Å². The summed E-state index contributed by atoms with van der Waals surface area (Å²) in [6.45, 7) is 0.850. The lowest BCUT2D eigenvalue weighted by molar-refractivity contribution is -0.140. The van der Waals surface area contributed by atoms with E-state index in [0.29, 0.717) is 30.2 Å². The third-order valence-corrected chi connectivity index (χ3v) is 4.45. The van der Waals surface area contributed by atoms with Crippen molar-refractivity contribution in [3.05, 3.63) is 60.4 Å². The summed E-state index contributed by atoms with van der Waals surface area (Å²) in [4.78, 5) is 17.0. The molecule has 0 aromatic carbocycles. The van der Waals surface area contributed by atoms with Gasteiger partial charge in [0.1, 0.15) is 11.5 Å². The predicted octanol–water partition coefficient (Wildman–Crippen LogP) is 3.85. The Morgan fingerprint density at radius 1 is 1.28 bits per heavy atom. The number of ether oxygens (including phenoxy) is 1. The van der Waals surface area contributed by atoms with Crippen molar-refractivity contribution in [2.24, 2.45) is 0 Å². The van der Waals surface area contributed by atoms with E-state index < -0.39 is 17.8 Å². The highest BCUT2D eigenvalue weighted by atomic mass is 19.4. The summed E-state index contributed by atoms with van der Waals surface area (Å²) in [6, 6.07) is 7.83. The molecule has 0 aliphatic carbocycles. The predicted molar refractivity (Wildman–Crippen MR) is 107 cm³/mol. The van der Waals surface area contributed by atoms with Gasteiger partial charge in [-0.15, -0.1) is 0 Å². The van der Waals surface area contributed by atoms with Gasteiger partial charge in [0, 0.05) is 25.7 Å². The van der Waals surface area contributed by atoms with Crippen LogP contribution in [0.3, 0.4) is 0 Å². The minimum Gasteiger partial charge on any atom is -0.451 e. The maximum atomic E-state index is 13.1. The lowest BCUT2D eigenvalue weighted by Crippen LogP contribution is -2.11. The molecule has 0 aliphatic rings. The minimum atomic E-state index is -4.67. The molecule has 4 rings (SSSR count). The molecule has 0 atom stereocenters. The molecule has 12 heteroatoms. The van der Waals surface area contributed by atoms with E-state index in [9.17, 15) is 18.0 Å². The number of pyridine rings is 1. The number of hydrogen-bond donors (Lipinski definition) is 2. The quantitative estimate of drug-likeness (QED) is 0.446. The molecule has 4 heterocycles. The molecule has 0 aliphatic heterocycles. The largest absolute Gasteiger partial charge is 0.451 e. The molecule has 1 amide bonds. The van der Waals surface area contributed by atoms with E-state index in [0.717, 1.165) is 6.20 Å². The SMILES string of the molecule is COCCn1cc(NC(=O)c2ccc(-c3c[nH]nc3C(F)(F)F)o2)c(-c2ccccn2)n1. The summed E-state index contributed by atoms with van der Waals surface area (Å²) in [6.07, 6.45) is -0.402. The van der Waals surface area contributed by atoms with Crippen LogP contribution in [0.25, 0.3) is 22.7 Å². The van der Waals surface area contributed by atoms with Crippen molar-refractivity contribution in [3.63, 3.8) is 0 Å². The molecular formula is C20H17F3N6O3. The number of alkyl halides is 3. The number of halogens is 3. The fourth-order valence-electron chi connectivity index (χ4n) is 2.99.